The molecule has 0 aliphatic rings. The molecule has 0 saturated heterocycles. The van der Waals surface area contributed by atoms with Crippen molar-refractivity contribution in [2.24, 2.45) is 16.8 Å². The molecule has 0 aromatic rings. The normalized spacial score (nSPS) is 14.5. The second-order valence-corrected chi connectivity index (χ2v) is 4.36. The van der Waals surface area contributed by atoms with E-state index in [9.17, 15) is 0 Å². The summed E-state index contributed by atoms with van der Waals surface area (Å²) < 4.78 is 5.63. The number of oxime groups is 1. The molecule has 90 valence electrons. The Balaban J connectivity index is 3.31. The van der Waals surface area contributed by atoms with Gasteiger partial charge in [-0.15, -0.1) is 0 Å². The molecule has 0 fully saturated rings. The predicted octanol–water partition coefficient (Wildman–Crippen LogP) is 2.35. The van der Waals surface area contributed by atoms with E-state index in [4.69, 9.17) is 15.7 Å². The highest BCUT2D eigenvalue weighted by Crippen LogP contribution is 2.08. The third-order valence-electron chi connectivity index (χ3n) is 2.16. The van der Waals surface area contributed by atoms with Crippen molar-refractivity contribution >= 4 is 5.84 Å². The number of hydrogen-bond donors (Lipinski definition) is 2. The lowest BCUT2D eigenvalue weighted by atomic mass is 10.1. The summed E-state index contributed by atoms with van der Waals surface area (Å²) >= 11 is 0. The van der Waals surface area contributed by atoms with Gasteiger partial charge in [0.05, 0.1) is 6.10 Å². The fraction of sp³-hybridized carbons (Fsp3) is 0.909. The SMILES string of the molecule is CC(C)CC(C)OCCCCC(N)=NO. The Morgan fingerprint density at radius 1 is 1.33 bits per heavy atom. The zero-order valence-corrected chi connectivity index (χ0v) is 10.1. The number of unbranched alkanes of at least 4 members (excludes halogenated alkanes) is 1. The van der Waals surface area contributed by atoms with E-state index in [0.717, 1.165) is 25.9 Å². The van der Waals surface area contributed by atoms with E-state index >= 15 is 0 Å². The summed E-state index contributed by atoms with van der Waals surface area (Å²) in [6.07, 6.45) is 3.93. The van der Waals surface area contributed by atoms with Gasteiger partial charge in [-0.1, -0.05) is 19.0 Å². The van der Waals surface area contributed by atoms with Crippen LogP contribution in [-0.4, -0.2) is 23.8 Å². The first-order valence-electron chi connectivity index (χ1n) is 5.64. The second kappa shape index (κ2) is 8.53. The summed E-state index contributed by atoms with van der Waals surface area (Å²) in [5, 5.41) is 11.2. The number of nitrogens with two attached hydrogens (primary N) is 1. The average Bonchev–Trinajstić information content (AvgIpc) is 2.15. The minimum absolute atomic E-state index is 0.297. The van der Waals surface area contributed by atoms with Gasteiger partial charge in [0.25, 0.3) is 0 Å². The maximum Gasteiger partial charge on any atom is 0.139 e. The van der Waals surface area contributed by atoms with Crippen LogP contribution in [0.5, 0.6) is 0 Å². The Morgan fingerprint density at radius 2 is 2.00 bits per heavy atom. The zero-order valence-electron chi connectivity index (χ0n) is 10.1. The third kappa shape index (κ3) is 9.53. The minimum atomic E-state index is 0.297. The van der Waals surface area contributed by atoms with Crippen molar-refractivity contribution in [3.63, 3.8) is 0 Å². The van der Waals surface area contributed by atoms with Crippen molar-refractivity contribution in [1.29, 1.82) is 0 Å². The lowest BCUT2D eigenvalue weighted by molar-refractivity contribution is 0.0499. The van der Waals surface area contributed by atoms with Crippen LogP contribution in [0.25, 0.3) is 0 Å². The second-order valence-electron chi connectivity index (χ2n) is 4.36. The fourth-order valence-corrected chi connectivity index (χ4v) is 1.47. The standard InChI is InChI=1S/C11H24N2O2/c1-9(2)8-10(3)15-7-5-4-6-11(12)13-14/h9-10,14H,4-8H2,1-3H3,(H2,12,13). The summed E-state index contributed by atoms with van der Waals surface area (Å²) in [5.74, 6) is 0.974. The van der Waals surface area contributed by atoms with Crippen molar-refractivity contribution in [3.05, 3.63) is 0 Å². The molecule has 0 heterocycles. The van der Waals surface area contributed by atoms with Crippen LogP contribution in [0, 0.1) is 5.92 Å². The van der Waals surface area contributed by atoms with Crippen molar-refractivity contribution < 1.29 is 9.94 Å². The molecule has 4 heteroatoms. The van der Waals surface area contributed by atoms with E-state index in [2.05, 4.69) is 25.9 Å². The van der Waals surface area contributed by atoms with Crippen LogP contribution in [0.1, 0.15) is 46.5 Å². The van der Waals surface area contributed by atoms with Crippen LogP contribution in [0.15, 0.2) is 5.16 Å². The molecule has 0 rings (SSSR count). The average molecular weight is 216 g/mol. The lowest BCUT2D eigenvalue weighted by Gasteiger charge is -2.14. The van der Waals surface area contributed by atoms with Crippen molar-refractivity contribution in [3.8, 4) is 0 Å². The maximum atomic E-state index is 8.31. The molecule has 3 N–H and O–H groups in total. The van der Waals surface area contributed by atoms with E-state index in [1.165, 1.54) is 0 Å². The number of nitrogens with zero attached hydrogens (tertiary/aromatic N) is 1. The monoisotopic (exact) mass is 216 g/mol. The molecule has 0 radical (unpaired) electrons. The summed E-state index contributed by atoms with van der Waals surface area (Å²) in [7, 11) is 0. The van der Waals surface area contributed by atoms with E-state index in [1.807, 2.05) is 0 Å². The van der Waals surface area contributed by atoms with Gasteiger partial charge in [-0.3, -0.25) is 0 Å². The van der Waals surface area contributed by atoms with E-state index in [-0.39, 0.29) is 0 Å². The molecule has 15 heavy (non-hydrogen) atoms. The molecule has 1 unspecified atom stereocenters. The summed E-state index contributed by atoms with van der Waals surface area (Å²) in [6, 6.07) is 0. The highest BCUT2D eigenvalue weighted by atomic mass is 16.5. The Labute approximate surface area is 92.5 Å². The van der Waals surface area contributed by atoms with Crippen LogP contribution in [-0.2, 0) is 4.74 Å². The number of hydrogen-bond acceptors (Lipinski definition) is 3. The quantitative estimate of drug-likeness (QED) is 0.215. The first kappa shape index (κ1) is 14.2. The van der Waals surface area contributed by atoms with Gasteiger partial charge in [-0.25, -0.2) is 0 Å². The zero-order chi connectivity index (χ0) is 11.7. The molecular weight excluding hydrogens is 192 g/mol. The molecule has 0 aliphatic heterocycles. The van der Waals surface area contributed by atoms with Crippen molar-refractivity contribution in [2.75, 3.05) is 6.61 Å². The highest BCUT2D eigenvalue weighted by Gasteiger charge is 2.04. The molecule has 0 spiro atoms. The van der Waals surface area contributed by atoms with Crippen LogP contribution < -0.4 is 5.73 Å². The Kier molecular flexibility index (Phi) is 8.09. The first-order valence-corrected chi connectivity index (χ1v) is 5.64. The van der Waals surface area contributed by atoms with E-state index in [0.29, 0.717) is 24.3 Å². The van der Waals surface area contributed by atoms with Crippen LogP contribution in [0.3, 0.4) is 0 Å². The fourth-order valence-electron chi connectivity index (χ4n) is 1.47. The lowest BCUT2D eigenvalue weighted by Crippen LogP contribution is -2.14. The van der Waals surface area contributed by atoms with E-state index in [1.54, 1.807) is 0 Å². The van der Waals surface area contributed by atoms with Crippen molar-refractivity contribution in [2.45, 2.75) is 52.6 Å². The maximum absolute atomic E-state index is 8.31. The van der Waals surface area contributed by atoms with Crippen molar-refractivity contribution in [1.82, 2.24) is 0 Å². The number of rotatable bonds is 8. The molecule has 4 nitrogen and oxygen atoms in total. The Bertz CT molecular complexity index is 181. The minimum Gasteiger partial charge on any atom is -0.409 e. The number of ether oxygens (including phenoxy) is 1. The third-order valence-corrected chi connectivity index (χ3v) is 2.16. The molecule has 0 saturated carbocycles. The van der Waals surface area contributed by atoms with Crippen LogP contribution in [0.2, 0.25) is 0 Å². The van der Waals surface area contributed by atoms with Gasteiger partial charge < -0.3 is 15.7 Å². The molecular formula is C11H24N2O2. The largest absolute Gasteiger partial charge is 0.409 e. The first-order chi connectivity index (χ1) is 7.06. The highest BCUT2D eigenvalue weighted by molar-refractivity contribution is 5.79. The summed E-state index contributed by atoms with van der Waals surface area (Å²) in [6.45, 7) is 7.24. The molecule has 0 aromatic carbocycles. The van der Waals surface area contributed by atoms with Gasteiger partial charge in [0.15, 0.2) is 0 Å². The predicted molar refractivity (Wildman–Crippen MR) is 62.1 cm³/mol. The Hall–Kier alpha value is -0.770. The molecule has 0 bridgehead atoms. The summed E-state index contributed by atoms with van der Waals surface area (Å²) in [5.41, 5.74) is 5.34. The number of amidine groups is 1. The van der Waals surface area contributed by atoms with Gasteiger partial charge in [0.2, 0.25) is 0 Å². The molecule has 0 aromatic heterocycles. The van der Waals surface area contributed by atoms with Gasteiger partial charge in [-0.05, 0) is 32.1 Å². The van der Waals surface area contributed by atoms with E-state index < -0.39 is 0 Å². The molecule has 1 atom stereocenters. The van der Waals surface area contributed by atoms with Gasteiger partial charge in [0.1, 0.15) is 5.84 Å². The molecule has 0 amide bonds. The smallest absolute Gasteiger partial charge is 0.139 e. The van der Waals surface area contributed by atoms with Gasteiger partial charge in [-0.2, -0.15) is 0 Å². The van der Waals surface area contributed by atoms with Gasteiger partial charge >= 0.3 is 0 Å². The van der Waals surface area contributed by atoms with Crippen LogP contribution in [0.4, 0.5) is 0 Å². The molecule has 0 aliphatic carbocycles. The van der Waals surface area contributed by atoms with Crippen LogP contribution >= 0.6 is 0 Å². The topological polar surface area (TPSA) is 67.8 Å². The van der Waals surface area contributed by atoms with Gasteiger partial charge in [0, 0.05) is 13.0 Å². The summed E-state index contributed by atoms with van der Waals surface area (Å²) in [4.78, 5) is 0. The Morgan fingerprint density at radius 3 is 2.53 bits per heavy atom.